The first-order valence-corrected chi connectivity index (χ1v) is 13.6. The number of alkyl halides is 3. The summed E-state index contributed by atoms with van der Waals surface area (Å²) in [6.07, 6.45) is -3.16. The topological polar surface area (TPSA) is 87.2 Å². The van der Waals surface area contributed by atoms with Crippen molar-refractivity contribution < 1.29 is 22.5 Å². The van der Waals surface area contributed by atoms with Crippen LogP contribution in [0.1, 0.15) is 11.1 Å². The molecule has 4 rings (SSSR count). The molecule has 0 atom stereocenters. The SMILES string of the molecule is CP(C)(=O)c1ccccc1Nc1nc(Nc2ccc3c(c2)CCN(C(=O)C(F)(F)F)C3)ncc1Cl. The predicted molar refractivity (Wildman–Crippen MR) is 131 cm³/mol. The van der Waals surface area contributed by atoms with Crippen LogP contribution in [0.2, 0.25) is 5.02 Å². The van der Waals surface area contributed by atoms with E-state index in [4.69, 9.17) is 11.6 Å². The van der Waals surface area contributed by atoms with Crippen LogP contribution in [0.4, 0.5) is 36.3 Å². The Bertz CT molecular complexity index is 1330. The van der Waals surface area contributed by atoms with Crippen molar-refractivity contribution >= 4 is 53.1 Å². The Hall–Kier alpha value is -3.10. The Morgan fingerprint density at radius 2 is 1.86 bits per heavy atom. The van der Waals surface area contributed by atoms with Crippen LogP contribution in [0, 0.1) is 0 Å². The molecule has 2 heterocycles. The molecular weight excluding hydrogens is 502 g/mol. The van der Waals surface area contributed by atoms with Crippen molar-refractivity contribution in [1.29, 1.82) is 0 Å². The van der Waals surface area contributed by atoms with Crippen LogP contribution >= 0.6 is 18.7 Å². The lowest BCUT2D eigenvalue weighted by molar-refractivity contribution is -0.186. The third-order valence-corrected chi connectivity index (χ3v) is 7.31. The van der Waals surface area contributed by atoms with Crippen molar-refractivity contribution in [2.75, 3.05) is 30.5 Å². The van der Waals surface area contributed by atoms with Gasteiger partial charge >= 0.3 is 12.1 Å². The van der Waals surface area contributed by atoms with Gasteiger partial charge in [-0.1, -0.05) is 29.8 Å². The highest BCUT2D eigenvalue weighted by molar-refractivity contribution is 7.70. The number of carbonyl (C=O) groups is 1. The molecule has 184 valence electrons. The molecule has 1 aliphatic rings. The molecule has 0 unspecified atom stereocenters. The molecule has 0 aliphatic carbocycles. The van der Waals surface area contributed by atoms with Gasteiger partial charge < -0.3 is 20.1 Å². The molecule has 35 heavy (non-hydrogen) atoms. The van der Waals surface area contributed by atoms with Crippen LogP contribution in [-0.4, -0.2) is 46.8 Å². The third kappa shape index (κ3) is 5.77. The zero-order valence-corrected chi connectivity index (χ0v) is 20.5. The molecule has 1 aromatic heterocycles. The second-order valence-corrected chi connectivity index (χ2v) is 12.1. The molecule has 2 aromatic carbocycles. The van der Waals surface area contributed by atoms with Gasteiger partial charge in [0.25, 0.3) is 0 Å². The summed E-state index contributed by atoms with van der Waals surface area (Å²) in [5.74, 6) is -1.26. The molecule has 1 amide bonds. The number of nitrogens with zero attached hydrogens (tertiary/aromatic N) is 3. The van der Waals surface area contributed by atoms with Crippen LogP contribution in [-0.2, 0) is 22.3 Å². The maximum atomic E-state index is 12.8. The summed E-state index contributed by atoms with van der Waals surface area (Å²) in [5, 5.41) is 7.14. The lowest BCUT2D eigenvalue weighted by Crippen LogP contribution is -2.43. The normalized spacial score (nSPS) is 13.8. The summed E-state index contributed by atoms with van der Waals surface area (Å²) in [6, 6.07) is 12.4. The van der Waals surface area contributed by atoms with Gasteiger partial charge in [0.15, 0.2) is 5.82 Å². The van der Waals surface area contributed by atoms with Gasteiger partial charge in [-0.25, -0.2) is 4.98 Å². The van der Waals surface area contributed by atoms with Gasteiger partial charge in [0.05, 0.1) is 11.9 Å². The number of amides is 1. The quantitative estimate of drug-likeness (QED) is 0.441. The number of para-hydroxylation sites is 1. The number of aromatic nitrogens is 2. The summed E-state index contributed by atoms with van der Waals surface area (Å²) < 4.78 is 50.9. The zero-order chi connectivity index (χ0) is 25.4. The van der Waals surface area contributed by atoms with Gasteiger partial charge in [-0.05, 0) is 55.1 Å². The molecule has 0 fully saturated rings. The van der Waals surface area contributed by atoms with Gasteiger partial charge in [-0.2, -0.15) is 18.2 Å². The average Bonchev–Trinajstić information content (AvgIpc) is 2.79. The molecule has 12 heteroatoms. The second-order valence-electron chi connectivity index (χ2n) is 8.47. The van der Waals surface area contributed by atoms with Crippen molar-refractivity contribution in [2.45, 2.75) is 19.1 Å². The summed E-state index contributed by atoms with van der Waals surface area (Å²) in [5.41, 5.74) is 2.75. The van der Waals surface area contributed by atoms with E-state index in [-0.39, 0.29) is 24.1 Å². The standard InChI is InChI=1S/C23H22ClF3N5O2P/c1-35(2,34)19-6-4-3-5-18(19)30-20-17(24)12-28-22(31-20)29-16-8-7-15-13-32(10-9-14(15)11-16)21(33)23(25,26)27/h3-8,11-12H,9-10,13H2,1-2H3,(H2,28,29,30,31). The monoisotopic (exact) mass is 523 g/mol. The number of hydrogen-bond acceptors (Lipinski definition) is 6. The van der Waals surface area contributed by atoms with E-state index in [1.165, 1.54) is 6.20 Å². The van der Waals surface area contributed by atoms with Crippen LogP contribution in [0.3, 0.4) is 0 Å². The van der Waals surface area contributed by atoms with E-state index in [0.717, 1.165) is 10.5 Å². The molecule has 7 nitrogen and oxygen atoms in total. The molecule has 1 aliphatic heterocycles. The summed E-state index contributed by atoms with van der Waals surface area (Å²) >= 11 is 6.29. The highest BCUT2D eigenvalue weighted by Gasteiger charge is 2.43. The smallest absolute Gasteiger partial charge is 0.338 e. The minimum absolute atomic E-state index is 0.0154. The Morgan fingerprint density at radius 3 is 2.57 bits per heavy atom. The fourth-order valence-electron chi connectivity index (χ4n) is 3.80. The van der Waals surface area contributed by atoms with Crippen LogP contribution in [0.25, 0.3) is 0 Å². The number of benzene rings is 2. The Kier molecular flexibility index (Phi) is 6.79. The highest BCUT2D eigenvalue weighted by atomic mass is 35.5. The Morgan fingerprint density at radius 1 is 1.11 bits per heavy atom. The molecule has 2 N–H and O–H groups in total. The molecule has 0 saturated carbocycles. The lowest BCUT2D eigenvalue weighted by Gasteiger charge is -2.29. The Balaban J connectivity index is 1.53. The highest BCUT2D eigenvalue weighted by Crippen LogP contribution is 2.38. The number of halogens is 4. The van der Waals surface area contributed by atoms with E-state index in [2.05, 4.69) is 20.6 Å². The second kappa shape index (κ2) is 9.51. The largest absolute Gasteiger partial charge is 0.471 e. The minimum Gasteiger partial charge on any atom is -0.338 e. The maximum Gasteiger partial charge on any atom is 0.471 e. The van der Waals surface area contributed by atoms with Crippen molar-refractivity contribution in [3.63, 3.8) is 0 Å². The number of nitrogens with one attached hydrogen (secondary N) is 2. The fourth-order valence-corrected chi connectivity index (χ4v) is 5.10. The first-order chi connectivity index (χ1) is 16.4. The first-order valence-electron chi connectivity index (χ1n) is 10.6. The van der Waals surface area contributed by atoms with Gasteiger partial charge in [-0.3, -0.25) is 4.79 Å². The van der Waals surface area contributed by atoms with E-state index in [1.54, 1.807) is 43.7 Å². The van der Waals surface area contributed by atoms with Gasteiger partial charge in [0.2, 0.25) is 5.95 Å². The lowest BCUT2D eigenvalue weighted by atomic mass is 9.99. The predicted octanol–water partition coefficient (Wildman–Crippen LogP) is 5.31. The zero-order valence-electron chi connectivity index (χ0n) is 18.9. The van der Waals surface area contributed by atoms with Crippen molar-refractivity contribution in [1.82, 2.24) is 14.9 Å². The average molecular weight is 524 g/mol. The summed E-state index contributed by atoms with van der Waals surface area (Å²) in [4.78, 5) is 21.0. The van der Waals surface area contributed by atoms with Crippen LogP contribution < -0.4 is 15.9 Å². The minimum atomic E-state index is -4.89. The molecular formula is C23H22ClF3N5O2P. The van der Waals surface area contributed by atoms with Crippen molar-refractivity contribution in [3.05, 3.63) is 64.8 Å². The fraction of sp³-hybridized carbons (Fsp3) is 0.261. The number of anilines is 4. The number of carbonyl (C=O) groups excluding carboxylic acids is 1. The van der Waals surface area contributed by atoms with Gasteiger partial charge in [0.1, 0.15) is 12.2 Å². The van der Waals surface area contributed by atoms with Crippen LogP contribution in [0.5, 0.6) is 0 Å². The summed E-state index contributed by atoms with van der Waals surface area (Å²) in [6.45, 7) is 3.24. The van der Waals surface area contributed by atoms with E-state index < -0.39 is 19.2 Å². The van der Waals surface area contributed by atoms with Crippen molar-refractivity contribution in [2.24, 2.45) is 0 Å². The first kappa shape index (κ1) is 25.0. The number of rotatable bonds is 5. The summed E-state index contributed by atoms with van der Waals surface area (Å²) in [7, 11) is -2.56. The molecule has 0 radical (unpaired) electrons. The van der Waals surface area contributed by atoms with E-state index in [0.29, 0.717) is 34.5 Å². The molecule has 3 aromatic rings. The van der Waals surface area contributed by atoms with E-state index in [9.17, 15) is 22.5 Å². The van der Waals surface area contributed by atoms with Gasteiger partial charge in [-0.15, -0.1) is 0 Å². The van der Waals surface area contributed by atoms with Gasteiger partial charge in [0, 0.05) is 24.1 Å². The Labute approximate surface area is 205 Å². The van der Waals surface area contributed by atoms with Crippen LogP contribution in [0.15, 0.2) is 48.7 Å². The molecule has 0 bridgehead atoms. The van der Waals surface area contributed by atoms with E-state index >= 15 is 0 Å². The maximum absolute atomic E-state index is 12.8. The third-order valence-electron chi connectivity index (χ3n) is 5.49. The molecule has 0 spiro atoms. The number of fused-ring (bicyclic) bond motifs is 1. The number of hydrogen-bond donors (Lipinski definition) is 2. The van der Waals surface area contributed by atoms with Crippen molar-refractivity contribution in [3.8, 4) is 0 Å². The van der Waals surface area contributed by atoms with E-state index in [1.807, 2.05) is 12.1 Å². The molecule has 0 saturated heterocycles.